The molecule has 0 aromatic carbocycles. The van der Waals surface area contributed by atoms with E-state index in [-0.39, 0.29) is 31.5 Å². The number of ether oxygens (including phenoxy) is 2. The van der Waals surface area contributed by atoms with Gasteiger partial charge in [-0.25, -0.2) is 4.79 Å². The highest BCUT2D eigenvalue weighted by atomic mass is 16.6. The minimum atomic E-state index is -1.01. The van der Waals surface area contributed by atoms with Crippen LogP contribution in [-0.4, -0.2) is 65.9 Å². The van der Waals surface area contributed by atoms with Gasteiger partial charge < -0.3 is 24.8 Å². The molecule has 0 spiro atoms. The Hall–Kier alpha value is -1.83. The van der Waals surface area contributed by atoms with Crippen LogP contribution in [0.3, 0.4) is 0 Å². The number of amides is 2. The maximum absolute atomic E-state index is 12.8. The van der Waals surface area contributed by atoms with Gasteiger partial charge in [0.25, 0.3) is 0 Å². The molecule has 0 aromatic heterocycles. The minimum Gasteiger partial charge on any atom is -0.481 e. The summed E-state index contributed by atoms with van der Waals surface area (Å²) in [6.07, 6.45) is 0.365. The van der Waals surface area contributed by atoms with Crippen LogP contribution in [-0.2, 0) is 19.1 Å². The smallest absolute Gasteiger partial charge is 0.410 e. The topological polar surface area (TPSA) is 105 Å². The van der Waals surface area contributed by atoms with Crippen molar-refractivity contribution in [3.63, 3.8) is 0 Å². The maximum atomic E-state index is 12.8. The first-order chi connectivity index (χ1) is 12.9. The van der Waals surface area contributed by atoms with Crippen molar-refractivity contribution < 1.29 is 29.0 Å². The number of nitrogens with one attached hydrogen (secondary N) is 1. The monoisotopic (exact) mass is 400 g/mol. The van der Waals surface area contributed by atoms with E-state index >= 15 is 0 Å². The van der Waals surface area contributed by atoms with Crippen molar-refractivity contribution in [2.24, 2.45) is 17.8 Å². The zero-order valence-electron chi connectivity index (χ0n) is 18.0. The number of aliphatic carboxylic acids is 1. The molecule has 1 aliphatic rings. The lowest BCUT2D eigenvalue weighted by Gasteiger charge is -2.36. The number of carboxylic acid groups (broad SMARTS) is 1. The summed E-state index contributed by atoms with van der Waals surface area (Å²) in [5.41, 5.74) is -0.690. The van der Waals surface area contributed by atoms with Gasteiger partial charge in [-0.3, -0.25) is 9.59 Å². The van der Waals surface area contributed by atoms with Crippen LogP contribution in [0.2, 0.25) is 0 Å². The zero-order chi connectivity index (χ0) is 21.5. The molecule has 1 saturated heterocycles. The van der Waals surface area contributed by atoms with E-state index in [2.05, 4.69) is 19.2 Å². The average molecular weight is 401 g/mol. The molecule has 1 unspecified atom stereocenters. The van der Waals surface area contributed by atoms with Crippen molar-refractivity contribution in [1.82, 2.24) is 10.2 Å². The lowest BCUT2D eigenvalue weighted by Crippen LogP contribution is -2.53. The van der Waals surface area contributed by atoms with Crippen molar-refractivity contribution in [3.8, 4) is 0 Å². The fourth-order valence-electron chi connectivity index (χ4n) is 3.26. The third kappa shape index (κ3) is 8.46. The van der Waals surface area contributed by atoms with E-state index in [1.807, 2.05) is 6.92 Å². The molecule has 8 nitrogen and oxygen atoms in total. The molecule has 0 saturated carbocycles. The molecule has 3 atom stereocenters. The molecule has 28 heavy (non-hydrogen) atoms. The summed E-state index contributed by atoms with van der Waals surface area (Å²) in [5, 5.41) is 12.4. The highest BCUT2D eigenvalue weighted by Gasteiger charge is 2.39. The van der Waals surface area contributed by atoms with Crippen LogP contribution < -0.4 is 5.32 Å². The largest absolute Gasteiger partial charge is 0.481 e. The Labute approximate surface area is 167 Å². The number of likely N-dealkylation sites (tertiary alicyclic amines) is 1. The van der Waals surface area contributed by atoms with Crippen molar-refractivity contribution >= 4 is 18.0 Å². The van der Waals surface area contributed by atoms with E-state index in [0.717, 1.165) is 6.42 Å². The summed E-state index contributed by atoms with van der Waals surface area (Å²) in [7, 11) is 0. The van der Waals surface area contributed by atoms with Crippen molar-refractivity contribution in [2.75, 3.05) is 26.3 Å². The van der Waals surface area contributed by atoms with Gasteiger partial charge in [0.1, 0.15) is 5.60 Å². The molecule has 2 amide bonds. The van der Waals surface area contributed by atoms with Crippen molar-refractivity contribution in [2.45, 2.75) is 66.0 Å². The van der Waals surface area contributed by atoms with Crippen molar-refractivity contribution in [3.05, 3.63) is 0 Å². The molecular formula is C20H36N2O6. The van der Waals surface area contributed by atoms with Gasteiger partial charge in [-0.1, -0.05) is 13.8 Å². The lowest BCUT2D eigenvalue weighted by molar-refractivity contribution is -0.145. The molecule has 0 aromatic rings. The van der Waals surface area contributed by atoms with Crippen LogP contribution in [0.4, 0.5) is 4.79 Å². The van der Waals surface area contributed by atoms with E-state index in [4.69, 9.17) is 9.47 Å². The molecule has 162 valence electrons. The zero-order valence-corrected chi connectivity index (χ0v) is 18.0. The van der Waals surface area contributed by atoms with Crippen LogP contribution >= 0.6 is 0 Å². The predicted octanol–water partition coefficient (Wildman–Crippen LogP) is 2.51. The van der Waals surface area contributed by atoms with Crippen LogP contribution in [0.15, 0.2) is 0 Å². The van der Waals surface area contributed by atoms with E-state index in [9.17, 15) is 19.5 Å². The molecule has 1 aliphatic heterocycles. The third-order valence-electron chi connectivity index (χ3n) is 4.45. The van der Waals surface area contributed by atoms with Gasteiger partial charge in [-0.2, -0.15) is 0 Å². The Morgan fingerprint density at radius 1 is 1.18 bits per heavy atom. The number of nitrogens with zero attached hydrogens (tertiary/aromatic N) is 1. The second kappa shape index (κ2) is 10.6. The van der Waals surface area contributed by atoms with E-state index in [0.29, 0.717) is 19.1 Å². The lowest BCUT2D eigenvalue weighted by atomic mass is 9.88. The number of piperidine rings is 1. The molecule has 0 aliphatic carbocycles. The van der Waals surface area contributed by atoms with Gasteiger partial charge >= 0.3 is 12.1 Å². The van der Waals surface area contributed by atoms with Gasteiger partial charge in [0.2, 0.25) is 5.91 Å². The van der Waals surface area contributed by atoms with Gasteiger partial charge in [0, 0.05) is 19.7 Å². The normalized spacial score (nSPS) is 21.3. The quantitative estimate of drug-likeness (QED) is 0.649. The first kappa shape index (κ1) is 24.2. The number of hydrogen-bond acceptors (Lipinski definition) is 5. The second-order valence-corrected chi connectivity index (χ2v) is 8.85. The van der Waals surface area contributed by atoms with Gasteiger partial charge in [0.05, 0.1) is 24.5 Å². The highest BCUT2D eigenvalue weighted by Crippen LogP contribution is 2.25. The molecule has 1 heterocycles. The first-order valence-corrected chi connectivity index (χ1v) is 10.0. The fourth-order valence-corrected chi connectivity index (χ4v) is 3.26. The summed E-state index contributed by atoms with van der Waals surface area (Å²) in [5.74, 6) is -2.28. The molecule has 2 N–H and O–H groups in total. The van der Waals surface area contributed by atoms with Crippen molar-refractivity contribution in [1.29, 1.82) is 0 Å². The fraction of sp³-hybridized carbons (Fsp3) is 0.850. The Bertz CT molecular complexity index is 543. The van der Waals surface area contributed by atoms with E-state index < -0.39 is 29.5 Å². The highest BCUT2D eigenvalue weighted by molar-refractivity contribution is 5.82. The SMILES string of the molecule is CCOCC(CC(C)C)NC(=O)[C@H]1C[C@@H](C(=O)O)CN(C(=O)OC(C)(C)C)C1. The second-order valence-electron chi connectivity index (χ2n) is 8.85. The minimum absolute atomic E-state index is 0.0440. The van der Waals surface area contributed by atoms with Gasteiger partial charge in [-0.05, 0) is 46.5 Å². The molecule has 8 heteroatoms. The molecule has 0 bridgehead atoms. The third-order valence-corrected chi connectivity index (χ3v) is 4.45. The Balaban J connectivity index is 2.85. The summed E-state index contributed by atoms with van der Waals surface area (Å²) in [4.78, 5) is 38.1. The average Bonchev–Trinajstić information content (AvgIpc) is 2.57. The Morgan fingerprint density at radius 3 is 2.29 bits per heavy atom. The standard InChI is InChI=1S/C20H36N2O6/c1-7-27-12-16(8-13(2)3)21-17(23)14-9-15(18(24)25)11-22(10-14)19(26)28-20(4,5)6/h13-16H,7-12H2,1-6H3,(H,21,23)(H,24,25)/t14-,15+,16?/m0/s1. The molecule has 1 rings (SSSR count). The summed E-state index contributed by atoms with van der Waals surface area (Å²) in [6, 6.07) is -0.146. The van der Waals surface area contributed by atoms with E-state index in [1.54, 1.807) is 20.8 Å². The summed E-state index contributed by atoms with van der Waals surface area (Å²) >= 11 is 0. The van der Waals surface area contributed by atoms with Gasteiger partial charge in [0.15, 0.2) is 0 Å². The van der Waals surface area contributed by atoms with Gasteiger partial charge in [-0.15, -0.1) is 0 Å². The maximum Gasteiger partial charge on any atom is 0.410 e. The number of carbonyl (C=O) groups is 3. The number of hydrogen-bond donors (Lipinski definition) is 2. The number of carbonyl (C=O) groups excluding carboxylic acids is 2. The number of carboxylic acids is 1. The summed E-state index contributed by atoms with van der Waals surface area (Å²) in [6.45, 7) is 12.4. The molecule has 1 fully saturated rings. The Kier molecular flexibility index (Phi) is 9.20. The first-order valence-electron chi connectivity index (χ1n) is 10.0. The predicted molar refractivity (Wildman–Crippen MR) is 105 cm³/mol. The van der Waals surface area contributed by atoms with Crippen LogP contribution in [0.25, 0.3) is 0 Å². The Morgan fingerprint density at radius 2 is 1.79 bits per heavy atom. The number of rotatable bonds is 8. The van der Waals surface area contributed by atoms with Crippen LogP contribution in [0.5, 0.6) is 0 Å². The summed E-state index contributed by atoms with van der Waals surface area (Å²) < 4.78 is 10.8. The molecular weight excluding hydrogens is 364 g/mol. The van der Waals surface area contributed by atoms with E-state index in [1.165, 1.54) is 4.90 Å². The van der Waals surface area contributed by atoms with Crippen LogP contribution in [0.1, 0.15) is 54.4 Å². The van der Waals surface area contributed by atoms with Crippen LogP contribution in [0, 0.1) is 17.8 Å². The molecule has 0 radical (unpaired) electrons.